The van der Waals surface area contributed by atoms with Crippen molar-refractivity contribution in [1.82, 2.24) is 26.2 Å². The zero-order chi connectivity index (χ0) is 37.8. The van der Waals surface area contributed by atoms with Gasteiger partial charge in [-0.05, 0) is 61.3 Å². The van der Waals surface area contributed by atoms with Crippen LogP contribution < -0.4 is 21.3 Å². The van der Waals surface area contributed by atoms with Crippen LogP contribution in [0.4, 0.5) is 4.79 Å². The number of carboxylic acids is 1. The number of carbonyl (C=O) groups excluding carboxylic acids is 6. The van der Waals surface area contributed by atoms with Crippen LogP contribution in [-0.2, 0) is 33.5 Å². The van der Waals surface area contributed by atoms with Gasteiger partial charge in [-0.15, -0.1) is 0 Å². The van der Waals surface area contributed by atoms with Gasteiger partial charge in [-0.25, -0.2) is 9.59 Å². The van der Waals surface area contributed by atoms with E-state index in [9.17, 15) is 38.7 Å². The molecular weight excluding hydrogens is 670 g/mol. The fourth-order valence-electron chi connectivity index (χ4n) is 7.82. The lowest BCUT2D eigenvalue weighted by Crippen LogP contribution is -2.58. The summed E-state index contributed by atoms with van der Waals surface area (Å²) in [4.78, 5) is 93.7. The predicted octanol–water partition coefficient (Wildman–Crippen LogP) is 3.39. The van der Waals surface area contributed by atoms with Crippen LogP contribution in [0.5, 0.6) is 0 Å². The lowest BCUT2D eigenvalue weighted by Gasteiger charge is -2.35. The Morgan fingerprint density at radius 2 is 1.60 bits per heavy atom. The van der Waals surface area contributed by atoms with Crippen LogP contribution in [0.15, 0.2) is 30.3 Å². The lowest BCUT2D eigenvalue weighted by molar-refractivity contribution is -0.144. The summed E-state index contributed by atoms with van der Waals surface area (Å²) in [7, 11) is 0. The van der Waals surface area contributed by atoms with E-state index in [2.05, 4.69) is 21.3 Å². The molecule has 1 saturated heterocycles. The number of ketones is 1. The van der Waals surface area contributed by atoms with Gasteiger partial charge in [0.1, 0.15) is 12.1 Å². The summed E-state index contributed by atoms with van der Waals surface area (Å²) in [6.07, 6.45) is 8.44. The van der Waals surface area contributed by atoms with E-state index < -0.39 is 66.3 Å². The predicted molar refractivity (Wildman–Crippen MR) is 191 cm³/mol. The minimum atomic E-state index is -1.35. The Hall–Kier alpha value is -4.49. The summed E-state index contributed by atoms with van der Waals surface area (Å²) in [6.45, 7) is 5.55. The first-order valence-corrected chi connectivity index (χ1v) is 18.8. The topological polar surface area (TPSA) is 200 Å². The number of carboxylic acid groups (broad SMARTS) is 1. The third-order valence-electron chi connectivity index (χ3n) is 10.5. The minimum Gasteiger partial charge on any atom is -0.479 e. The van der Waals surface area contributed by atoms with Crippen LogP contribution >= 0.6 is 0 Å². The van der Waals surface area contributed by atoms with Gasteiger partial charge in [0.25, 0.3) is 5.91 Å². The molecule has 0 bridgehead atoms. The molecule has 1 spiro atoms. The number of aliphatic carboxylic acids is 1. The second-order valence-electron chi connectivity index (χ2n) is 15.1. The standard InChI is InChI=1S/C38H55N5O9/c1-4-13-27(32(45)34(47)39-21-29(44)41-31(36(49)50)26-16-9-6-10-17-26)40-33(46)28-20-38(18-11-12-19-38)23-43(28)35(48)30(25-14-7-5-8-15-25)42-37(51)52-22-24(2)3/h6,9-10,16-17,24-25,27-28,30-31H,4-5,7-8,11-15,18-23H2,1-3H3,(H,39,47)(H,40,46)(H,41,44)(H,42,51)(H,49,50)/t27?,28?,30-,31-/m0/s1. The molecule has 5 N–H and O–H groups in total. The van der Waals surface area contributed by atoms with Crippen LogP contribution in [0.2, 0.25) is 0 Å². The molecule has 3 aliphatic rings. The molecule has 14 heteroatoms. The monoisotopic (exact) mass is 725 g/mol. The Kier molecular flexibility index (Phi) is 14.6. The molecule has 1 aliphatic heterocycles. The van der Waals surface area contributed by atoms with Crippen molar-refractivity contribution in [3.05, 3.63) is 35.9 Å². The molecule has 0 radical (unpaired) electrons. The number of hydrogen-bond acceptors (Lipinski definition) is 8. The highest BCUT2D eigenvalue weighted by Gasteiger charge is 2.52. The second-order valence-corrected chi connectivity index (χ2v) is 15.1. The SMILES string of the molecule is CCCC(NC(=O)C1CC2(CCCC2)CN1C(=O)[C@@H](NC(=O)OCC(C)C)C1CCCCC1)C(=O)C(=O)NCC(=O)N[C@H](C(=O)O)c1ccccc1. The van der Waals surface area contributed by atoms with Crippen LogP contribution in [0.25, 0.3) is 0 Å². The van der Waals surface area contributed by atoms with Crippen molar-refractivity contribution in [3.8, 4) is 0 Å². The smallest absolute Gasteiger partial charge is 0.407 e. The quantitative estimate of drug-likeness (QED) is 0.159. The number of carbonyl (C=O) groups is 7. The second kappa shape index (κ2) is 18.8. The molecule has 14 nitrogen and oxygen atoms in total. The summed E-state index contributed by atoms with van der Waals surface area (Å²) >= 11 is 0. The lowest BCUT2D eigenvalue weighted by atomic mass is 9.83. The van der Waals surface area contributed by atoms with E-state index in [-0.39, 0.29) is 36.2 Å². The Bertz CT molecular complexity index is 1440. The van der Waals surface area contributed by atoms with E-state index in [1.807, 2.05) is 13.8 Å². The average molecular weight is 726 g/mol. The molecule has 4 rings (SSSR count). The number of rotatable bonds is 16. The molecule has 2 saturated carbocycles. The fraction of sp³-hybridized carbons (Fsp3) is 0.658. The highest BCUT2D eigenvalue weighted by molar-refractivity contribution is 6.38. The maximum absolute atomic E-state index is 14.5. The van der Waals surface area contributed by atoms with Gasteiger partial charge in [0.2, 0.25) is 23.5 Å². The number of nitrogens with zero attached hydrogens (tertiary/aromatic N) is 1. The molecule has 0 aromatic heterocycles. The molecule has 52 heavy (non-hydrogen) atoms. The van der Waals surface area contributed by atoms with Crippen LogP contribution in [0.3, 0.4) is 0 Å². The van der Waals surface area contributed by atoms with Crippen LogP contribution in [0, 0.1) is 17.3 Å². The van der Waals surface area contributed by atoms with Crippen molar-refractivity contribution in [2.24, 2.45) is 17.3 Å². The van der Waals surface area contributed by atoms with Gasteiger partial charge in [-0.1, -0.05) is 89.6 Å². The van der Waals surface area contributed by atoms with Gasteiger partial charge in [0, 0.05) is 6.54 Å². The zero-order valence-corrected chi connectivity index (χ0v) is 30.6. The average Bonchev–Trinajstić information content (AvgIpc) is 3.77. The number of nitrogens with one attached hydrogen (secondary N) is 4. The molecule has 3 fully saturated rings. The maximum atomic E-state index is 14.5. The Morgan fingerprint density at radius 3 is 2.21 bits per heavy atom. The van der Waals surface area contributed by atoms with Crippen molar-refractivity contribution in [3.63, 3.8) is 0 Å². The summed E-state index contributed by atoms with van der Waals surface area (Å²) in [5.74, 6) is -5.05. The van der Waals surface area contributed by atoms with Crippen molar-refractivity contribution in [2.45, 2.75) is 122 Å². The third-order valence-corrected chi connectivity index (χ3v) is 10.5. The molecule has 4 atom stereocenters. The van der Waals surface area contributed by atoms with Crippen molar-refractivity contribution >= 4 is 41.5 Å². The highest BCUT2D eigenvalue weighted by Crippen LogP contribution is 2.48. The van der Waals surface area contributed by atoms with Gasteiger partial charge in [-0.3, -0.25) is 24.0 Å². The first kappa shape index (κ1) is 40.3. The van der Waals surface area contributed by atoms with Crippen LogP contribution in [-0.4, -0.2) is 89.3 Å². The van der Waals surface area contributed by atoms with E-state index in [4.69, 9.17) is 4.74 Å². The molecule has 2 unspecified atom stereocenters. The third kappa shape index (κ3) is 10.8. The fourth-order valence-corrected chi connectivity index (χ4v) is 7.82. The van der Waals surface area contributed by atoms with E-state index >= 15 is 0 Å². The zero-order valence-electron chi connectivity index (χ0n) is 30.6. The highest BCUT2D eigenvalue weighted by atomic mass is 16.5. The van der Waals surface area contributed by atoms with Crippen molar-refractivity contribution in [2.75, 3.05) is 19.7 Å². The van der Waals surface area contributed by atoms with Crippen LogP contribution in [0.1, 0.15) is 109 Å². The molecule has 1 aromatic rings. The van der Waals surface area contributed by atoms with Gasteiger partial charge in [0.05, 0.1) is 19.2 Å². The van der Waals surface area contributed by atoms with Crippen molar-refractivity contribution in [1.29, 1.82) is 0 Å². The Morgan fingerprint density at radius 1 is 0.923 bits per heavy atom. The normalized spacial score (nSPS) is 20.1. The molecule has 2 aliphatic carbocycles. The maximum Gasteiger partial charge on any atom is 0.407 e. The Balaban J connectivity index is 1.45. The van der Waals surface area contributed by atoms with E-state index in [1.54, 1.807) is 42.2 Å². The number of Topliss-reactive ketones (excluding diaryl/α,β-unsaturated/α-hetero) is 1. The van der Waals surface area contributed by atoms with E-state index in [1.165, 1.54) is 0 Å². The molecular formula is C38H55N5O9. The first-order valence-electron chi connectivity index (χ1n) is 18.8. The molecule has 286 valence electrons. The van der Waals surface area contributed by atoms with Gasteiger partial charge in [-0.2, -0.15) is 0 Å². The minimum absolute atomic E-state index is 0.106. The van der Waals surface area contributed by atoms with Gasteiger partial charge >= 0.3 is 12.1 Å². The summed E-state index contributed by atoms with van der Waals surface area (Å²) < 4.78 is 5.39. The Labute approximate surface area is 305 Å². The summed E-state index contributed by atoms with van der Waals surface area (Å²) in [5, 5.41) is 19.8. The number of ether oxygens (including phenoxy) is 1. The van der Waals surface area contributed by atoms with E-state index in [0.717, 1.165) is 57.8 Å². The van der Waals surface area contributed by atoms with Gasteiger partial charge in [0.15, 0.2) is 6.04 Å². The largest absolute Gasteiger partial charge is 0.479 e. The summed E-state index contributed by atoms with van der Waals surface area (Å²) in [5.41, 5.74) is 0.0809. The number of likely N-dealkylation sites (tertiary alicyclic amines) is 1. The van der Waals surface area contributed by atoms with Crippen molar-refractivity contribution < 1.29 is 43.4 Å². The molecule has 5 amide bonds. The summed E-state index contributed by atoms with van der Waals surface area (Å²) in [6, 6.07) is 3.71. The molecule has 1 aromatic carbocycles. The number of hydrogen-bond donors (Lipinski definition) is 5. The number of amides is 5. The molecule has 1 heterocycles. The number of benzene rings is 1. The number of alkyl carbamates (subject to hydrolysis) is 1. The van der Waals surface area contributed by atoms with Gasteiger partial charge < -0.3 is 36.0 Å². The first-order chi connectivity index (χ1) is 24.8. The van der Waals surface area contributed by atoms with E-state index in [0.29, 0.717) is 24.9 Å².